The first-order valence-corrected chi connectivity index (χ1v) is 11.4. The van der Waals surface area contributed by atoms with Gasteiger partial charge in [-0.1, -0.05) is 97.9 Å². The van der Waals surface area contributed by atoms with Gasteiger partial charge in [0.05, 0.1) is 17.7 Å². The van der Waals surface area contributed by atoms with Gasteiger partial charge < -0.3 is 5.11 Å². The van der Waals surface area contributed by atoms with Gasteiger partial charge in [0.15, 0.2) is 0 Å². The summed E-state index contributed by atoms with van der Waals surface area (Å²) in [6.07, 6.45) is 0. The Morgan fingerprint density at radius 1 is 0.833 bits per heavy atom. The average Bonchev–Trinajstić information content (AvgIpc) is 2.75. The molecule has 6 heteroatoms. The van der Waals surface area contributed by atoms with Gasteiger partial charge in [-0.15, -0.1) is 0 Å². The van der Waals surface area contributed by atoms with Crippen LogP contribution in [-0.2, 0) is 21.4 Å². The van der Waals surface area contributed by atoms with Gasteiger partial charge in [0.25, 0.3) is 0 Å². The number of sulfonamides is 1. The molecular weight excluding hydrogens is 398 g/mol. The summed E-state index contributed by atoms with van der Waals surface area (Å²) < 4.78 is 28.4. The summed E-state index contributed by atoms with van der Waals surface area (Å²) in [7, 11) is -3.91. The van der Waals surface area contributed by atoms with Crippen molar-refractivity contribution in [2.45, 2.75) is 19.5 Å². The van der Waals surface area contributed by atoms with Crippen molar-refractivity contribution in [3.63, 3.8) is 0 Å². The monoisotopic (exact) mass is 423 g/mol. The number of nitrogens with zero attached hydrogens (tertiary/aromatic N) is 1. The third-order valence-electron chi connectivity index (χ3n) is 4.94. The Hall–Kier alpha value is -2.96. The van der Waals surface area contributed by atoms with E-state index in [9.17, 15) is 18.3 Å². The van der Waals surface area contributed by atoms with E-state index in [1.54, 1.807) is 0 Å². The highest BCUT2D eigenvalue weighted by atomic mass is 32.2. The second-order valence-corrected chi connectivity index (χ2v) is 9.24. The van der Waals surface area contributed by atoms with E-state index in [-0.39, 0.29) is 6.54 Å². The molecule has 0 saturated heterocycles. The van der Waals surface area contributed by atoms with Crippen LogP contribution < -0.4 is 0 Å². The number of carbonyl (C=O) groups is 1. The van der Waals surface area contributed by atoms with E-state index in [0.29, 0.717) is 0 Å². The number of carboxylic acids is 1. The minimum Gasteiger partial charge on any atom is -0.481 e. The molecule has 5 nitrogen and oxygen atoms in total. The molecule has 156 valence electrons. The van der Waals surface area contributed by atoms with Gasteiger partial charge >= 0.3 is 5.97 Å². The van der Waals surface area contributed by atoms with E-state index >= 15 is 0 Å². The van der Waals surface area contributed by atoms with E-state index in [4.69, 9.17) is 0 Å². The minimum atomic E-state index is -3.91. The molecule has 0 radical (unpaired) electrons. The molecule has 0 aliphatic rings. The maximum Gasteiger partial charge on any atom is 0.307 e. The largest absolute Gasteiger partial charge is 0.481 e. The Bertz CT molecular complexity index is 1010. The molecule has 30 heavy (non-hydrogen) atoms. The first-order chi connectivity index (χ1) is 14.4. The Balaban J connectivity index is 2.13. The third kappa shape index (κ3) is 5.34. The topological polar surface area (TPSA) is 74.7 Å². The zero-order chi connectivity index (χ0) is 21.6. The van der Waals surface area contributed by atoms with Gasteiger partial charge in [0.2, 0.25) is 10.0 Å². The van der Waals surface area contributed by atoms with Crippen molar-refractivity contribution in [2.75, 3.05) is 5.75 Å². The third-order valence-corrected chi connectivity index (χ3v) is 6.92. The molecule has 3 rings (SSSR count). The van der Waals surface area contributed by atoms with E-state index in [1.165, 1.54) is 11.2 Å². The zero-order valence-corrected chi connectivity index (χ0v) is 17.6. The van der Waals surface area contributed by atoms with Crippen LogP contribution in [0.5, 0.6) is 0 Å². The Morgan fingerprint density at radius 2 is 1.27 bits per heavy atom. The highest BCUT2D eigenvalue weighted by molar-refractivity contribution is 7.89. The fourth-order valence-electron chi connectivity index (χ4n) is 3.39. The lowest BCUT2D eigenvalue weighted by molar-refractivity contribution is -0.140. The van der Waals surface area contributed by atoms with Crippen LogP contribution in [0, 0.1) is 5.92 Å². The van der Waals surface area contributed by atoms with Gasteiger partial charge in [-0.2, -0.15) is 4.31 Å². The van der Waals surface area contributed by atoms with Crippen LogP contribution in [0.25, 0.3) is 0 Å². The predicted molar refractivity (Wildman–Crippen MR) is 117 cm³/mol. The Kier molecular flexibility index (Phi) is 7.03. The summed E-state index contributed by atoms with van der Waals surface area (Å²) >= 11 is 0. The van der Waals surface area contributed by atoms with Crippen molar-refractivity contribution in [1.29, 1.82) is 0 Å². The molecule has 3 aromatic rings. The van der Waals surface area contributed by atoms with Gasteiger partial charge in [0.1, 0.15) is 0 Å². The smallest absolute Gasteiger partial charge is 0.307 e. The lowest BCUT2D eigenvalue weighted by atomic mass is 9.98. The summed E-state index contributed by atoms with van der Waals surface area (Å²) in [5.41, 5.74) is 2.48. The van der Waals surface area contributed by atoms with Crippen LogP contribution in [-0.4, -0.2) is 29.6 Å². The molecular formula is C24H25NO4S. The second-order valence-electron chi connectivity index (χ2n) is 7.27. The van der Waals surface area contributed by atoms with Gasteiger partial charge in [0, 0.05) is 6.54 Å². The summed E-state index contributed by atoms with van der Waals surface area (Å²) in [4.78, 5) is 11.4. The fraction of sp³-hybridized carbons (Fsp3) is 0.208. The SMILES string of the molecule is C[C@@H](CS(=O)(=O)N(Cc1ccccc1)C(c1ccccc1)c1ccccc1)C(=O)O. The summed E-state index contributed by atoms with van der Waals surface area (Å²) in [6.45, 7) is 1.56. The van der Waals surface area contributed by atoms with E-state index in [1.807, 2.05) is 91.0 Å². The standard InChI is InChI=1S/C24H25NO4S/c1-19(24(26)27)18-30(28,29)25(17-20-11-5-2-6-12-20)23(21-13-7-3-8-14-21)22-15-9-4-10-16-22/h2-16,19,23H,17-18H2,1H3,(H,26,27)/t19-/m0/s1. The zero-order valence-electron chi connectivity index (χ0n) is 16.8. The lowest BCUT2D eigenvalue weighted by Crippen LogP contribution is -2.39. The van der Waals surface area contributed by atoms with Gasteiger partial charge in [-0.3, -0.25) is 4.79 Å². The highest BCUT2D eigenvalue weighted by Crippen LogP contribution is 2.33. The van der Waals surface area contributed by atoms with Crippen molar-refractivity contribution in [1.82, 2.24) is 4.31 Å². The molecule has 0 saturated carbocycles. The Morgan fingerprint density at radius 3 is 1.70 bits per heavy atom. The van der Waals surface area contributed by atoms with Crippen LogP contribution in [0.1, 0.15) is 29.7 Å². The molecule has 0 heterocycles. The van der Waals surface area contributed by atoms with Crippen LogP contribution >= 0.6 is 0 Å². The van der Waals surface area contributed by atoms with E-state index < -0.39 is 33.7 Å². The van der Waals surface area contributed by atoms with Crippen LogP contribution in [0.15, 0.2) is 91.0 Å². The summed E-state index contributed by atoms with van der Waals surface area (Å²) in [6, 6.07) is 27.6. The number of benzene rings is 3. The van der Waals surface area contributed by atoms with E-state index in [2.05, 4.69) is 0 Å². The molecule has 1 N–H and O–H groups in total. The molecule has 0 aliphatic carbocycles. The number of carboxylic acid groups (broad SMARTS) is 1. The molecule has 0 aliphatic heterocycles. The van der Waals surface area contributed by atoms with Crippen LogP contribution in [0.4, 0.5) is 0 Å². The first-order valence-electron chi connectivity index (χ1n) is 9.74. The first kappa shape index (κ1) is 21.7. The van der Waals surface area contributed by atoms with Crippen molar-refractivity contribution < 1.29 is 18.3 Å². The molecule has 0 spiro atoms. The minimum absolute atomic E-state index is 0.143. The normalized spacial score (nSPS) is 12.8. The molecule has 0 aromatic heterocycles. The average molecular weight is 424 g/mol. The Labute approximate surface area is 177 Å². The maximum absolute atomic E-state index is 13.5. The molecule has 0 bridgehead atoms. The van der Waals surface area contributed by atoms with Crippen LogP contribution in [0.2, 0.25) is 0 Å². The van der Waals surface area contributed by atoms with Crippen LogP contribution in [0.3, 0.4) is 0 Å². The van der Waals surface area contributed by atoms with Crippen molar-refractivity contribution in [2.24, 2.45) is 5.92 Å². The number of aliphatic carboxylic acids is 1. The van der Waals surface area contributed by atoms with Gasteiger partial charge in [-0.25, -0.2) is 8.42 Å². The predicted octanol–water partition coefficient (Wildman–Crippen LogP) is 4.33. The summed E-state index contributed by atoms with van der Waals surface area (Å²) in [5.74, 6) is -2.61. The second kappa shape index (κ2) is 9.69. The lowest BCUT2D eigenvalue weighted by Gasteiger charge is -2.32. The summed E-state index contributed by atoms with van der Waals surface area (Å²) in [5, 5.41) is 9.31. The molecule has 0 unspecified atom stereocenters. The van der Waals surface area contributed by atoms with Crippen molar-refractivity contribution in [3.8, 4) is 0 Å². The van der Waals surface area contributed by atoms with Crippen molar-refractivity contribution >= 4 is 16.0 Å². The quantitative estimate of drug-likeness (QED) is 0.556. The molecule has 0 fully saturated rings. The molecule has 0 amide bonds. The van der Waals surface area contributed by atoms with E-state index in [0.717, 1.165) is 16.7 Å². The highest BCUT2D eigenvalue weighted by Gasteiger charge is 2.34. The molecule has 3 aromatic carbocycles. The fourth-order valence-corrected chi connectivity index (χ4v) is 5.27. The number of rotatable bonds is 9. The van der Waals surface area contributed by atoms with Crippen molar-refractivity contribution in [3.05, 3.63) is 108 Å². The maximum atomic E-state index is 13.5. The number of hydrogen-bond acceptors (Lipinski definition) is 3. The number of hydrogen-bond donors (Lipinski definition) is 1. The van der Waals surface area contributed by atoms with Gasteiger partial charge in [-0.05, 0) is 16.7 Å². The molecule has 1 atom stereocenters.